The van der Waals surface area contributed by atoms with E-state index in [9.17, 15) is 9.18 Å². The van der Waals surface area contributed by atoms with E-state index in [1.807, 2.05) is 30.3 Å². The molecule has 4 aromatic carbocycles. The Labute approximate surface area is 177 Å². The Morgan fingerprint density at radius 3 is 2.48 bits per heavy atom. The van der Waals surface area contributed by atoms with Gasteiger partial charge in [-0.05, 0) is 53.2 Å². The zero-order valence-corrected chi connectivity index (χ0v) is 16.6. The maximum atomic E-state index is 14.1. The summed E-state index contributed by atoms with van der Waals surface area (Å²) < 4.78 is 25.2. The molecule has 152 valence electrons. The number of ether oxygens (including phenoxy) is 1. The molecule has 1 amide bonds. The monoisotopic (exact) mass is 412 g/mol. The van der Waals surface area contributed by atoms with Crippen molar-refractivity contribution in [2.75, 3.05) is 12.4 Å². The summed E-state index contributed by atoms with van der Waals surface area (Å²) in [5.41, 5.74) is 2.26. The lowest BCUT2D eigenvalue weighted by atomic mass is 10.1. The third-order valence-corrected chi connectivity index (χ3v) is 5.06. The first-order chi connectivity index (χ1) is 15.1. The van der Waals surface area contributed by atoms with E-state index in [2.05, 4.69) is 10.3 Å². The van der Waals surface area contributed by atoms with Gasteiger partial charge in [-0.25, -0.2) is 9.37 Å². The van der Waals surface area contributed by atoms with Crippen LogP contribution in [0.4, 0.5) is 10.1 Å². The third-order valence-electron chi connectivity index (χ3n) is 5.06. The predicted octanol–water partition coefficient (Wildman–Crippen LogP) is 6.05. The number of rotatable bonds is 4. The van der Waals surface area contributed by atoms with Gasteiger partial charge in [-0.3, -0.25) is 4.79 Å². The Morgan fingerprint density at radius 2 is 1.71 bits per heavy atom. The minimum absolute atomic E-state index is 0.188. The number of carbonyl (C=O) groups excluding carboxylic acids is 1. The number of oxazole rings is 1. The molecule has 5 nitrogen and oxygen atoms in total. The van der Waals surface area contributed by atoms with Crippen LogP contribution in [0.5, 0.6) is 5.75 Å². The van der Waals surface area contributed by atoms with Crippen molar-refractivity contribution < 1.29 is 18.3 Å². The van der Waals surface area contributed by atoms with Crippen LogP contribution in [0.1, 0.15) is 10.4 Å². The highest BCUT2D eigenvalue weighted by atomic mass is 19.1. The number of nitrogens with one attached hydrogen (secondary N) is 1. The Morgan fingerprint density at radius 1 is 0.968 bits per heavy atom. The first kappa shape index (κ1) is 18.8. The highest BCUT2D eigenvalue weighted by Gasteiger charge is 2.16. The van der Waals surface area contributed by atoms with Crippen molar-refractivity contribution in [3.05, 3.63) is 90.2 Å². The summed E-state index contributed by atoms with van der Waals surface area (Å²) in [5, 5.41) is 4.80. The summed E-state index contributed by atoms with van der Waals surface area (Å²) in [5.74, 6) is -0.0425. The van der Waals surface area contributed by atoms with Gasteiger partial charge < -0.3 is 14.5 Å². The predicted molar refractivity (Wildman–Crippen MR) is 118 cm³/mol. The van der Waals surface area contributed by atoms with Crippen LogP contribution in [0.25, 0.3) is 33.3 Å². The van der Waals surface area contributed by atoms with Crippen LogP contribution in [-0.2, 0) is 0 Å². The SMILES string of the molecule is COc1cc2ccccc2cc1C(=O)Nc1ccc2oc(-c3ccccc3F)nc2c1. The van der Waals surface area contributed by atoms with Crippen molar-refractivity contribution in [2.24, 2.45) is 0 Å². The summed E-state index contributed by atoms with van der Waals surface area (Å²) in [6.45, 7) is 0. The van der Waals surface area contributed by atoms with Gasteiger partial charge in [0.25, 0.3) is 5.91 Å². The van der Waals surface area contributed by atoms with E-state index in [0.29, 0.717) is 28.1 Å². The molecule has 5 rings (SSSR count). The molecule has 0 saturated heterocycles. The Hall–Kier alpha value is -4.19. The Kier molecular flexibility index (Phi) is 4.59. The van der Waals surface area contributed by atoms with E-state index >= 15 is 0 Å². The number of fused-ring (bicyclic) bond motifs is 2. The second-order valence-electron chi connectivity index (χ2n) is 7.04. The number of nitrogens with zero attached hydrogens (tertiary/aromatic N) is 1. The van der Waals surface area contributed by atoms with Crippen LogP contribution >= 0.6 is 0 Å². The van der Waals surface area contributed by atoms with Crippen molar-refractivity contribution in [2.45, 2.75) is 0 Å². The van der Waals surface area contributed by atoms with E-state index in [0.717, 1.165) is 10.8 Å². The number of amides is 1. The van der Waals surface area contributed by atoms with Crippen LogP contribution in [-0.4, -0.2) is 18.0 Å². The number of anilines is 1. The van der Waals surface area contributed by atoms with E-state index in [1.54, 1.807) is 42.5 Å². The molecule has 0 aliphatic rings. The standard InChI is InChI=1S/C25H17FN2O3/c1-30-23-13-16-7-3-2-6-15(16)12-19(23)24(29)27-17-10-11-22-21(14-17)28-25(31-22)18-8-4-5-9-20(18)26/h2-14H,1H3,(H,27,29). The smallest absolute Gasteiger partial charge is 0.259 e. The van der Waals surface area contributed by atoms with Gasteiger partial charge in [-0.2, -0.15) is 0 Å². The number of benzene rings is 4. The van der Waals surface area contributed by atoms with Gasteiger partial charge in [0.1, 0.15) is 17.1 Å². The van der Waals surface area contributed by atoms with Gasteiger partial charge in [0.15, 0.2) is 5.58 Å². The molecule has 0 unspecified atom stereocenters. The Balaban J connectivity index is 1.47. The second-order valence-corrected chi connectivity index (χ2v) is 7.04. The van der Waals surface area contributed by atoms with E-state index in [-0.39, 0.29) is 17.4 Å². The van der Waals surface area contributed by atoms with Gasteiger partial charge in [0.2, 0.25) is 5.89 Å². The molecule has 0 aliphatic heterocycles. The fraction of sp³-hybridized carbons (Fsp3) is 0.0400. The fourth-order valence-corrected chi connectivity index (χ4v) is 3.52. The number of carbonyl (C=O) groups is 1. The van der Waals surface area contributed by atoms with Gasteiger partial charge in [0.05, 0.1) is 18.2 Å². The highest BCUT2D eigenvalue weighted by Crippen LogP contribution is 2.29. The molecule has 0 aliphatic carbocycles. The van der Waals surface area contributed by atoms with Gasteiger partial charge in [-0.1, -0.05) is 36.4 Å². The number of halogens is 1. The van der Waals surface area contributed by atoms with Crippen LogP contribution < -0.4 is 10.1 Å². The van der Waals surface area contributed by atoms with Crippen molar-refractivity contribution in [1.29, 1.82) is 0 Å². The number of aromatic nitrogens is 1. The zero-order chi connectivity index (χ0) is 21.4. The first-order valence-electron chi connectivity index (χ1n) is 9.66. The molecule has 1 heterocycles. The number of hydrogen-bond donors (Lipinski definition) is 1. The summed E-state index contributed by atoms with van der Waals surface area (Å²) in [7, 11) is 1.53. The molecular weight excluding hydrogens is 395 g/mol. The van der Waals surface area contributed by atoms with Crippen molar-refractivity contribution in [1.82, 2.24) is 4.98 Å². The Bertz CT molecular complexity index is 1440. The lowest BCUT2D eigenvalue weighted by molar-refractivity contribution is 0.102. The first-order valence-corrected chi connectivity index (χ1v) is 9.66. The summed E-state index contributed by atoms with van der Waals surface area (Å²) >= 11 is 0. The maximum Gasteiger partial charge on any atom is 0.259 e. The average Bonchev–Trinajstić information content (AvgIpc) is 3.21. The van der Waals surface area contributed by atoms with Gasteiger partial charge in [0, 0.05) is 5.69 Å². The molecule has 31 heavy (non-hydrogen) atoms. The molecule has 5 aromatic rings. The largest absolute Gasteiger partial charge is 0.496 e. The van der Waals surface area contributed by atoms with E-state index in [1.165, 1.54) is 13.2 Å². The summed E-state index contributed by atoms with van der Waals surface area (Å²) in [6.07, 6.45) is 0. The molecule has 0 spiro atoms. The van der Waals surface area contributed by atoms with Crippen molar-refractivity contribution >= 4 is 33.5 Å². The number of hydrogen-bond acceptors (Lipinski definition) is 4. The minimum Gasteiger partial charge on any atom is -0.496 e. The van der Waals surface area contributed by atoms with Crippen LogP contribution in [0.2, 0.25) is 0 Å². The molecular formula is C25H17FN2O3. The fourth-order valence-electron chi connectivity index (χ4n) is 3.52. The third kappa shape index (κ3) is 3.48. The average molecular weight is 412 g/mol. The van der Waals surface area contributed by atoms with Gasteiger partial charge in [-0.15, -0.1) is 0 Å². The highest BCUT2D eigenvalue weighted by molar-refractivity contribution is 6.09. The topological polar surface area (TPSA) is 64.4 Å². The lowest BCUT2D eigenvalue weighted by Crippen LogP contribution is -2.13. The molecule has 0 saturated carbocycles. The van der Waals surface area contributed by atoms with Crippen LogP contribution in [0.15, 0.2) is 83.3 Å². The van der Waals surface area contributed by atoms with Crippen molar-refractivity contribution in [3.8, 4) is 17.2 Å². The molecule has 0 bridgehead atoms. The molecule has 0 radical (unpaired) electrons. The normalized spacial score (nSPS) is 11.0. The molecule has 0 fully saturated rings. The molecule has 1 N–H and O–H groups in total. The quantitative estimate of drug-likeness (QED) is 0.390. The van der Waals surface area contributed by atoms with E-state index < -0.39 is 5.82 Å². The van der Waals surface area contributed by atoms with Crippen LogP contribution in [0.3, 0.4) is 0 Å². The molecule has 1 aromatic heterocycles. The summed E-state index contributed by atoms with van der Waals surface area (Å²) in [4.78, 5) is 17.3. The number of methoxy groups -OCH3 is 1. The molecule has 0 atom stereocenters. The maximum absolute atomic E-state index is 14.1. The second kappa shape index (κ2) is 7.57. The minimum atomic E-state index is -0.411. The molecule has 6 heteroatoms. The zero-order valence-electron chi connectivity index (χ0n) is 16.6. The van der Waals surface area contributed by atoms with Crippen molar-refractivity contribution in [3.63, 3.8) is 0 Å². The summed E-state index contributed by atoms with van der Waals surface area (Å²) in [6, 6.07) is 22.8. The lowest BCUT2D eigenvalue weighted by Gasteiger charge is -2.11. The van der Waals surface area contributed by atoms with Crippen LogP contribution in [0, 0.1) is 5.82 Å². The van der Waals surface area contributed by atoms with Gasteiger partial charge >= 0.3 is 0 Å². The van der Waals surface area contributed by atoms with E-state index in [4.69, 9.17) is 9.15 Å².